The normalized spacial score (nSPS) is 12.0. The standard InChI is InChI=1S/C24H20ClN3O2/c1-15-8-6-13-20(26-15)23(29)27-16(2)21-14-17-9-7-12-19(25)22(17)24(30)28(21)18-10-4-3-5-11-18/h3-14,16H,1-2H3,(H,27,29)/t16-/m0/s1. The third-order valence-electron chi connectivity index (χ3n) is 4.95. The monoisotopic (exact) mass is 417 g/mol. The molecule has 2 heterocycles. The predicted molar refractivity (Wildman–Crippen MR) is 119 cm³/mol. The summed E-state index contributed by atoms with van der Waals surface area (Å²) in [6, 6.07) is 21.4. The van der Waals surface area contributed by atoms with Crippen LogP contribution < -0.4 is 10.9 Å². The Morgan fingerprint density at radius 1 is 1.03 bits per heavy atom. The van der Waals surface area contributed by atoms with E-state index in [1.54, 1.807) is 28.8 Å². The maximum absolute atomic E-state index is 13.4. The fraction of sp³-hybridized carbons (Fsp3) is 0.125. The van der Waals surface area contributed by atoms with Crippen molar-refractivity contribution in [2.45, 2.75) is 19.9 Å². The number of hydrogen-bond donors (Lipinski definition) is 1. The van der Waals surface area contributed by atoms with Gasteiger partial charge >= 0.3 is 0 Å². The molecule has 1 amide bonds. The largest absolute Gasteiger partial charge is 0.343 e. The summed E-state index contributed by atoms with van der Waals surface area (Å²) in [4.78, 5) is 30.5. The molecular formula is C24H20ClN3O2. The van der Waals surface area contributed by atoms with E-state index in [0.717, 1.165) is 11.1 Å². The van der Waals surface area contributed by atoms with Gasteiger partial charge in [-0.2, -0.15) is 0 Å². The number of fused-ring (bicyclic) bond motifs is 1. The molecule has 1 atom stereocenters. The Balaban J connectivity index is 1.85. The summed E-state index contributed by atoms with van der Waals surface area (Å²) < 4.78 is 1.60. The molecule has 2 aromatic carbocycles. The molecule has 30 heavy (non-hydrogen) atoms. The number of carbonyl (C=O) groups is 1. The molecule has 6 heteroatoms. The zero-order chi connectivity index (χ0) is 21.3. The van der Waals surface area contributed by atoms with E-state index in [9.17, 15) is 9.59 Å². The minimum Gasteiger partial charge on any atom is -0.343 e. The fourth-order valence-corrected chi connectivity index (χ4v) is 3.78. The molecule has 4 aromatic rings. The van der Waals surface area contributed by atoms with Crippen molar-refractivity contribution in [2.75, 3.05) is 0 Å². The summed E-state index contributed by atoms with van der Waals surface area (Å²) >= 11 is 6.34. The Morgan fingerprint density at radius 2 is 1.77 bits per heavy atom. The molecule has 1 N–H and O–H groups in total. The van der Waals surface area contributed by atoms with Gasteiger partial charge in [0.25, 0.3) is 11.5 Å². The molecule has 0 radical (unpaired) electrons. The van der Waals surface area contributed by atoms with Gasteiger partial charge < -0.3 is 5.32 Å². The molecule has 2 aromatic heterocycles. The van der Waals surface area contributed by atoms with Crippen LogP contribution >= 0.6 is 11.6 Å². The van der Waals surface area contributed by atoms with E-state index >= 15 is 0 Å². The summed E-state index contributed by atoms with van der Waals surface area (Å²) in [5, 5.41) is 4.54. The Kier molecular flexibility index (Phi) is 5.38. The van der Waals surface area contributed by atoms with E-state index in [4.69, 9.17) is 11.6 Å². The highest BCUT2D eigenvalue weighted by molar-refractivity contribution is 6.35. The minimum atomic E-state index is -0.448. The van der Waals surface area contributed by atoms with Crippen LogP contribution in [0.1, 0.15) is 34.8 Å². The van der Waals surface area contributed by atoms with Crippen molar-refractivity contribution in [1.29, 1.82) is 0 Å². The van der Waals surface area contributed by atoms with E-state index in [2.05, 4.69) is 10.3 Å². The number of para-hydroxylation sites is 1. The first-order valence-corrected chi connectivity index (χ1v) is 9.97. The summed E-state index contributed by atoms with van der Waals surface area (Å²) in [6.45, 7) is 3.68. The predicted octanol–water partition coefficient (Wildman–Crippen LogP) is 4.84. The van der Waals surface area contributed by atoms with E-state index in [1.807, 2.05) is 62.4 Å². The highest BCUT2D eigenvalue weighted by atomic mass is 35.5. The van der Waals surface area contributed by atoms with Crippen molar-refractivity contribution >= 4 is 28.3 Å². The summed E-state index contributed by atoms with van der Waals surface area (Å²) in [5.74, 6) is -0.301. The lowest BCUT2D eigenvalue weighted by atomic mass is 10.1. The first-order valence-electron chi connectivity index (χ1n) is 9.60. The number of aryl methyl sites for hydroxylation is 1. The molecule has 0 bridgehead atoms. The number of nitrogens with one attached hydrogen (secondary N) is 1. The smallest absolute Gasteiger partial charge is 0.270 e. The van der Waals surface area contributed by atoms with Crippen LogP contribution in [0.25, 0.3) is 16.5 Å². The highest BCUT2D eigenvalue weighted by Gasteiger charge is 2.20. The van der Waals surface area contributed by atoms with Crippen molar-refractivity contribution in [2.24, 2.45) is 0 Å². The molecule has 150 valence electrons. The number of nitrogens with zero attached hydrogens (tertiary/aromatic N) is 2. The lowest BCUT2D eigenvalue weighted by Gasteiger charge is -2.21. The second-order valence-electron chi connectivity index (χ2n) is 7.11. The second kappa shape index (κ2) is 8.13. The minimum absolute atomic E-state index is 0.228. The lowest BCUT2D eigenvalue weighted by molar-refractivity contribution is 0.0933. The van der Waals surface area contributed by atoms with Gasteiger partial charge in [-0.05, 0) is 55.6 Å². The van der Waals surface area contributed by atoms with Gasteiger partial charge in [-0.15, -0.1) is 0 Å². The van der Waals surface area contributed by atoms with Crippen LogP contribution in [0.3, 0.4) is 0 Å². The van der Waals surface area contributed by atoms with Crippen LogP contribution in [0.4, 0.5) is 0 Å². The van der Waals surface area contributed by atoms with Crippen LogP contribution in [0, 0.1) is 6.92 Å². The SMILES string of the molecule is Cc1cccc(C(=O)N[C@@H](C)c2cc3cccc(Cl)c3c(=O)n2-c2ccccc2)n1. The summed E-state index contributed by atoms with van der Waals surface area (Å²) in [6.07, 6.45) is 0. The number of pyridine rings is 2. The van der Waals surface area contributed by atoms with Crippen LogP contribution in [0.15, 0.2) is 77.6 Å². The van der Waals surface area contributed by atoms with Crippen molar-refractivity contribution in [3.05, 3.63) is 105 Å². The Morgan fingerprint density at radius 3 is 2.50 bits per heavy atom. The molecule has 0 aliphatic carbocycles. The van der Waals surface area contributed by atoms with E-state index in [1.165, 1.54) is 0 Å². The number of halogens is 1. The van der Waals surface area contributed by atoms with Crippen LogP contribution in [-0.4, -0.2) is 15.5 Å². The maximum Gasteiger partial charge on any atom is 0.270 e. The number of rotatable bonds is 4. The van der Waals surface area contributed by atoms with Crippen molar-refractivity contribution < 1.29 is 4.79 Å². The first kappa shape index (κ1) is 19.9. The van der Waals surface area contributed by atoms with Gasteiger partial charge in [0.05, 0.1) is 16.5 Å². The van der Waals surface area contributed by atoms with E-state index < -0.39 is 6.04 Å². The Hall–Kier alpha value is -3.44. The fourth-order valence-electron chi connectivity index (χ4n) is 3.52. The van der Waals surface area contributed by atoms with E-state index in [-0.39, 0.29) is 11.5 Å². The zero-order valence-corrected chi connectivity index (χ0v) is 17.4. The maximum atomic E-state index is 13.4. The molecule has 0 spiro atoms. The zero-order valence-electron chi connectivity index (χ0n) is 16.6. The van der Waals surface area contributed by atoms with Crippen LogP contribution in [0.2, 0.25) is 5.02 Å². The molecule has 0 saturated carbocycles. The van der Waals surface area contributed by atoms with Crippen molar-refractivity contribution in [1.82, 2.24) is 14.9 Å². The first-order chi connectivity index (χ1) is 14.5. The quantitative estimate of drug-likeness (QED) is 0.516. The molecule has 5 nitrogen and oxygen atoms in total. The number of hydrogen-bond acceptors (Lipinski definition) is 3. The topological polar surface area (TPSA) is 64.0 Å². The molecule has 0 aliphatic heterocycles. The average molecular weight is 418 g/mol. The number of benzene rings is 2. The lowest BCUT2D eigenvalue weighted by Crippen LogP contribution is -2.32. The highest BCUT2D eigenvalue weighted by Crippen LogP contribution is 2.25. The molecule has 0 fully saturated rings. The number of aromatic nitrogens is 2. The van der Waals surface area contributed by atoms with Gasteiger partial charge in [0, 0.05) is 17.1 Å². The number of carbonyl (C=O) groups excluding carboxylic acids is 1. The van der Waals surface area contributed by atoms with Gasteiger partial charge in [0.1, 0.15) is 5.69 Å². The van der Waals surface area contributed by atoms with Crippen LogP contribution in [0.5, 0.6) is 0 Å². The third kappa shape index (κ3) is 3.72. The van der Waals surface area contributed by atoms with Gasteiger partial charge in [-0.25, -0.2) is 4.98 Å². The second-order valence-corrected chi connectivity index (χ2v) is 7.52. The molecule has 0 saturated heterocycles. The summed E-state index contributed by atoms with van der Waals surface area (Å²) in [5.41, 5.74) is 2.22. The van der Waals surface area contributed by atoms with Gasteiger partial charge in [0.15, 0.2) is 0 Å². The molecule has 4 rings (SSSR count). The third-order valence-corrected chi connectivity index (χ3v) is 5.27. The van der Waals surface area contributed by atoms with Gasteiger partial charge in [-0.3, -0.25) is 14.2 Å². The summed E-state index contributed by atoms with van der Waals surface area (Å²) in [7, 11) is 0. The molecular weight excluding hydrogens is 398 g/mol. The van der Waals surface area contributed by atoms with Crippen molar-refractivity contribution in [3.63, 3.8) is 0 Å². The van der Waals surface area contributed by atoms with Crippen LogP contribution in [-0.2, 0) is 0 Å². The molecule has 0 unspecified atom stereocenters. The van der Waals surface area contributed by atoms with E-state index in [0.29, 0.717) is 27.5 Å². The Bertz CT molecular complexity index is 1300. The number of amides is 1. The molecule has 0 aliphatic rings. The Labute approximate surface area is 179 Å². The van der Waals surface area contributed by atoms with Gasteiger partial charge in [-0.1, -0.05) is 48.0 Å². The van der Waals surface area contributed by atoms with Crippen molar-refractivity contribution in [3.8, 4) is 5.69 Å². The average Bonchev–Trinajstić information content (AvgIpc) is 2.74. The van der Waals surface area contributed by atoms with Gasteiger partial charge in [0.2, 0.25) is 0 Å².